The van der Waals surface area contributed by atoms with E-state index in [1.54, 1.807) is 0 Å². The van der Waals surface area contributed by atoms with Crippen molar-refractivity contribution in [2.24, 2.45) is 0 Å². The van der Waals surface area contributed by atoms with Gasteiger partial charge in [-0.25, -0.2) is 0 Å². The van der Waals surface area contributed by atoms with E-state index in [-0.39, 0.29) is 0 Å². The van der Waals surface area contributed by atoms with Crippen molar-refractivity contribution >= 4 is 25.8 Å². The molecule has 2 aromatic carbocycles. The summed E-state index contributed by atoms with van der Waals surface area (Å²) in [5, 5.41) is 0. The van der Waals surface area contributed by atoms with E-state index < -0.39 is 25.8 Å². The Balaban J connectivity index is 1.61. The summed E-state index contributed by atoms with van der Waals surface area (Å²) < 4.78 is 33.2. The van der Waals surface area contributed by atoms with Gasteiger partial charge in [-0.1, -0.05) is 60.7 Å². The van der Waals surface area contributed by atoms with Crippen LogP contribution >= 0.6 is 0 Å². The minimum absolute atomic E-state index is 0.914. The van der Waals surface area contributed by atoms with E-state index in [1.807, 2.05) is 36.4 Å². The Kier molecular flexibility index (Phi) is 10.1. The zero-order valence-corrected chi connectivity index (χ0v) is 21.6. The molecule has 5 nitrogen and oxygen atoms in total. The lowest BCUT2D eigenvalue weighted by Gasteiger charge is -2.22. The van der Waals surface area contributed by atoms with Gasteiger partial charge in [-0.05, 0) is 75.1 Å². The lowest BCUT2D eigenvalue weighted by molar-refractivity contribution is -0.206. The summed E-state index contributed by atoms with van der Waals surface area (Å²) in [4.78, 5) is 0. The summed E-state index contributed by atoms with van der Waals surface area (Å²) in [6.45, 7) is 8.21. The van der Waals surface area contributed by atoms with Gasteiger partial charge in [0.2, 0.25) is 16.6 Å². The van der Waals surface area contributed by atoms with Crippen LogP contribution in [0.15, 0.2) is 60.7 Å². The molecule has 0 saturated heterocycles. The largest absolute Gasteiger partial charge is 0.833 e. The van der Waals surface area contributed by atoms with E-state index in [0.29, 0.717) is 0 Å². The maximum Gasteiger partial charge on any atom is 0.833 e. The summed E-state index contributed by atoms with van der Waals surface area (Å²) in [5.41, 5.74) is 2.63. The molecule has 0 saturated carbocycles. The van der Waals surface area contributed by atoms with Crippen LogP contribution in [0.5, 0.6) is 0 Å². The maximum absolute atomic E-state index is 12.1. The molecular formula is C22H34O5Si3. The van der Waals surface area contributed by atoms with E-state index in [1.165, 1.54) is 11.1 Å². The average molecular weight is 463 g/mol. The Morgan fingerprint density at radius 2 is 1.03 bits per heavy atom. The molecule has 0 spiro atoms. The van der Waals surface area contributed by atoms with E-state index >= 15 is 0 Å². The van der Waals surface area contributed by atoms with Crippen LogP contribution in [0.1, 0.15) is 24.0 Å². The molecule has 0 fully saturated rings. The fourth-order valence-electron chi connectivity index (χ4n) is 3.12. The summed E-state index contributed by atoms with van der Waals surface area (Å²) >= 11 is 0. The van der Waals surface area contributed by atoms with Crippen LogP contribution in [0.4, 0.5) is 0 Å². The van der Waals surface area contributed by atoms with Gasteiger partial charge in [0.05, 0.1) is 0 Å². The van der Waals surface area contributed by atoms with Gasteiger partial charge in [-0.15, -0.1) is 0 Å². The highest BCUT2D eigenvalue weighted by molar-refractivity contribution is 6.71. The number of rotatable bonds is 14. The molecule has 0 aliphatic rings. The topological polar surface area (TPSA) is 54.0 Å². The molecule has 30 heavy (non-hydrogen) atoms. The SMILES string of the molecule is C[Si](C)(CCCc1ccccc1)OO[Si](=O)OO[Si](C)(C)CCCc1ccccc1. The number of aryl methyl sites for hydroxylation is 2. The lowest BCUT2D eigenvalue weighted by atomic mass is 10.1. The fourth-order valence-corrected chi connectivity index (χ4v) is 7.72. The van der Waals surface area contributed by atoms with Gasteiger partial charge in [0, 0.05) is 0 Å². The zero-order valence-electron chi connectivity index (χ0n) is 18.6. The first-order chi connectivity index (χ1) is 14.3. The number of benzene rings is 2. The summed E-state index contributed by atoms with van der Waals surface area (Å²) in [6.07, 6.45) is 4.01. The van der Waals surface area contributed by atoms with Crippen molar-refractivity contribution in [3.05, 3.63) is 71.8 Å². The summed E-state index contributed by atoms with van der Waals surface area (Å²) in [6, 6.07) is 22.6. The van der Waals surface area contributed by atoms with E-state index in [4.69, 9.17) is 18.3 Å². The minimum Gasteiger partial charge on any atom is -0.339 e. The van der Waals surface area contributed by atoms with Crippen molar-refractivity contribution in [1.82, 2.24) is 0 Å². The maximum atomic E-state index is 12.1. The van der Waals surface area contributed by atoms with Gasteiger partial charge < -0.3 is 9.15 Å². The van der Waals surface area contributed by atoms with Gasteiger partial charge in [0.25, 0.3) is 0 Å². The monoisotopic (exact) mass is 462 g/mol. The zero-order chi connectivity index (χ0) is 21.9. The second kappa shape index (κ2) is 12.3. The summed E-state index contributed by atoms with van der Waals surface area (Å²) in [7, 11) is -6.98. The minimum atomic E-state index is -2.83. The van der Waals surface area contributed by atoms with E-state index in [0.717, 1.165) is 37.8 Å². The third kappa shape index (κ3) is 10.4. The molecule has 8 heteroatoms. The summed E-state index contributed by atoms with van der Waals surface area (Å²) in [5.74, 6) is 0. The molecule has 0 heterocycles. The molecule has 0 aromatic heterocycles. The van der Waals surface area contributed by atoms with Crippen LogP contribution in [0.3, 0.4) is 0 Å². The highest BCUT2D eigenvalue weighted by Crippen LogP contribution is 2.18. The molecule has 0 amide bonds. The number of hydrogen-bond acceptors (Lipinski definition) is 5. The standard InChI is InChI=1S/C22H34O5Si3/c1-29(2,19-11-17-21-13-7-5-8-14-21)26-24-28(23)25-27-30(3,4)20-12-18-22-15-9-6-10-16-22/h5-10,13-16H,11-12,17-20H2,1-4H3. The second-order valence-corrected chi connectivity index (χ2v) is 18.0. The van der Waals surface area contributed by atoms with E-state index in [2.05, 4.69) is 50.5 Å². The van der Waals surface area contributed by atoms with Crippen molar-refractivity contribution in [1.29, 1.82) is 0 Å². The quantitative estimate of drug-likeness (QED) is 0.196. The van der Waals surface area contributed by atoms with Crippen molar-refractivity contribution in [3.63, 3.8) is 0 Å². The van der Waals surface area contributed by atoms with Crippen LogP contribution in [-0.4, -0.2) is 25.8 Å². The van der Waals surface area contributed by atoms with Gasteiger partial charge >= 0.3 is 9.17 Å². The van der Waals surface area contributed by atoms with Crippen LogP contribution in [0, 0.1) is 0 Å². The third-order valence-electron chi connectivity index (χ3n) is 4.84. The smallest absolute Gasteiger partial charge is 0.339 e. The Labute approximate surface area is 184 Å². The first-order valence-electron chi connectivity index (χ1n) is 10.6. The molecule has 164 valence electrons. The first kappa shape index (κ1) is 24.7. The van der Waals surface area contributed by atoms with Crippen LogP contribution in [-0.2, 0) is 35.6 Å². The van der Waals surface area contributed by atoms with Gasteiger partial charge in [0.15, 0.2) is 0 Å². The molecule has 0 radical (unpaired) electrons. The average Bonchev–Trinajstić information content (AvgIpc) is 2.72. The highest BCUT2D eigenvalue weighted by atomic mass is 28.4. The van der Waals surface area contributed by atoms with Crippen LogP contribution in [0.25, 0.3) is 0 Å². The highest BCUT2D eigenvalue weighted by Gasteiger charge is 2.31. The molecule has 0 bridgehead atoms. The molecule has 2 rings (SSSR count). The number of hydrogen-bond donors (Lipinski definition) is 0. The van der Waals surface area contributed by atoms with Gasteiger partial charge in [-0.2, -0.15) is 0 Å². The van der Waals surface area contributed by atoms with Crippen LogP contribution < -0.4 is 0 Å². The molecule has 2 aromatic rings. The van der Waals surface area contributed by atoms with E-state index in [9.17, 15) is 4.46 Å². The predicted octanol–water partition coefficient (Wildman–Crippen LogP) is 5.97. The predicted molar refractivity (Wildman–Crippen MR) is 125 cm³/mol. The molecule has 0 aliphatic heterocycles. The van der Waals surface area contributed by atoms with Crippen molar-refractivity contribution in [2.45, 2.75) is 64.0 Å². The fraction of sp³-hybridized carbons (Fsp3) is 0.455. The first-order valence-corrected chi connectivity index (χ1v) is 18.0. The third-order valence-corrected chi connectivity index (χ3v) is 9.80. The van der Waals surface area contributed by atoms with Gasteiger partial charge in [-0.3, -0.25) is 13.6 Å². The molecule has 0 N–H and O–H groups in total. The van der Waals surface area contributed by atoms with Crippen molar-refractivity contribution in [3.8, 4) is 0 Å². The Hall–Kier alpha value is -1.59. The normalized spacial score (nSPS) is 11.9. The Bertz CT molecular complexity index is 690. The molecular weight excluding hydrogens is 428 g/mol. The van der Waals surface area contributed by atoms with Crippen LogP contribution in [0.2, 0.25) is 38.3 Å². The molecule has 0 unspecified atom stereocenters. The second-order valence-electron chi connectivity index (χ2n) is 8.78. The molecule has 0 aliphatic carbocycles. The van der Waals surface area contributed by atoms with Gasteiger partial charge in [0.1, 0.15) is 0 Å². The Morgan fingerprint density at radius 3 is 1.40 bits per heavy atom. The van der Waals surface area contributed by atoms with Crippen molar-refractivity contribution < 1.29 is 22.8 Å². The molecule has 0 atom stereocenters. The van der Waals surface area contributed by atoms with Crippen molar-refractivity contribution in [2.75, 3.05) is 0 Å². The Morgan fingerprint density at radius 1 is 0.667 bits per heavy atom. The lowest BCUT2D eigenvalue weighted by Crippen LogP contribution is -2.35.